The highest BCUT2D eigenvalue weighted by molar-refractivity contribution is 9.10. The summed E-state index contributed by atoms with van der Waals surface area (Å²) in [4.78, 5) is 2.58. The molecule has 0 aliphatic heterocycles. The Hall–Kier alpha value is -0.540. The number of hydrogen-bond donors (Lipinski definition) is 1. The van der Waals surface area contributed by atoms with Gasteiger partial charge in [0, 0.05) is 29.3 Å². The predicted molar refractivity (Wildman–Crippen MR) is 86.8 cm³/mol. The zero-order valence-corrected chi connectivity index (χ0v) is 13.8. The molecule has 0 bridgehead atoms. The Balaban J connectivity index is 2.28. The van der Waals surface area contributed by atoms with E-state index in [-0.39, 0.29) is 0 Å². The molecule has 19 heavy (non-hydrogen) atoms. The molecule has 0 saturated heterocycles. The molecule has 106 valence electrons. The summed E-state index contributed by atoms with van der Waals surface area (Å²) in [6.45, 7) is 6.86. The van der Waals surface area contributed by atoms with Gasteiger partial charge in [0.25, 0.3) is 0 Å². The van der Waals surface area contributed by atoms with Gasteiger partial charge in [-0.2, -0.15) is 0 Å². The molecule has 0 spiro atoms. The Kier molecular flexibility index (Phi) is 5.28. The predicted octanol–water partition coefficient (Wildman–Crippen LogP) is 4.36. The second-order valence-corrected chi connectivity index (χ2v) is 6.52. The first-order valence-electron chi connectivity index (χ1n) is 7.37. The standard InChI is InChI=1S/C16H25BrN2/c1-4-9-19(11-13-5-6-13)16-10-14(17)7-8-15(16)12(2)18-3/h7-8,10,12-13,18H,4-6,9,11H2,1-3H3. The lowest BCUT2D eigenvalue weighted by molar-refractivity contribution is 0.639. The molecule has 2 rings (SSSR count). The van der Waals surface area contributed by atoms with Crippen LogP contribution in [0, 0.1) is 5.92 Å². The van der Waals surface area contributed by atoms with Crippen molar-refractivity contribution in [3.05, 3.63) is 28.2 Å². The maximum absolute atomic E-state index is 3.62. The van der Waals surface area contributed by atoms with Gasteiger partial charge in [-0.3, -0.25) is 0 Å². The molecule has 1 fully saturated rings. The van der Waals surface area contributed by atoms with Crippen LogP contribution in [0.4, 0.5) is 5.69 Å². The van der Waals surface area contributed by atoms with Gasteiger partial charge in [-0.15, -0.1) is 0 Å². The Morgan fingerprint density at radius 1 is 1.42 bits per heavy atom. The van der Waals surface area contributed by atoms with Gasteiger partial charge in [-0.1, -0.05) is 28.9 Å². The van der Waals surface area contributed by atoms with E-state index in [0.717, 1.165) is 12.5 Å². The highest BCUT2D eigenvalue weighted by atomic mass is 79.9. The minimum Gasteiger partial charge on any atom is -0.371 e. The first kappa shape index (κ1) is 14.9. The Labute approximate surface area is 125 Å². The lowest BCUT2D eigenvalue weighted by Crippen LogP contribution is -2.29. The summed E-state index contributed by atoms with van der Waals surface area (Å²) in [5.74, 6) is 0.920. The van der Waals surface area contributed by atoms with Crippen LogP contribution in [-0.2, 0) is 0 Å². The molecule has 3 heteroatoms. The van der Waals surface area contributed by atoms with Gasteiger partial charge in [0.05, 0.1) is 0 Å². The number of rotatable bonds is 7. The van der Waals surface area contributed by atoms with Gasteiger partial charge < -0.3 is 10.2 Å². The number of nitrogens with one attached hydrogen (secondary N) is 1. The van der Waals surface area contributed by atoms with E-state index in [4.69, 9.17) is 0 Å². The van der Waals surface area contributed by atoms with Crippen LogP contribution in [0.1, 0.15) is 44.7 Å². The van der Waals surface area contributed by atoms with E-state index in [1.54, 1.807) is 0 Å². The molecule has 0 radical (unpaired) electrons. The van der Waals surface area contributed by atoms with E-state index in [0.29, 0.717) is 6.04 Å². The Morgan fingerprint density at radius 3 is 2.74 bits per heavy atom. The molecule has 1 atom stereocenters. The third-order valence-electron chi connectivity index (χ3n) is 3.90. The van der Waals surface area contributed by atoms with E-state index in [2.05, 4.69) is 58.2 Å². The molecule has 1 saturated carbocycles. The highest BCUT2D eigenvalue weighted by Crippen LogP contribution is 2.35. The van der Waals surface area contributed by atoms with Gasteiger partial charge in [-0.05, 0) is 56.8 Å². The molecular weight excluding hydrogens is 300 g/mol. The summed E-state index contributed by atoms with van der Waals surface area (Å²) in [6, 6.07) is 7.06. The summed E-state index contributed by atoms with van der Waals surface area (Å²) in [5, 5.41) is 3.37. The molecule has 0 heterocycles. The highest BCUT2D eigenvalue weighted by Gasteiger charge is 2.25. The van der Waals surface area contributed by atoms with Gasteiger partial charge in [-0.25, -0.2) is 0 Å². The number of anilines is 1. The fraction of sp³-hybridized carbons (Fsp3) is 0.625. The van der Waals surface area contributed by atoms with E-state index >= 15 is 0 Å². The van der Waals surface area contributed by atoms with Crippen LogP contribution < -0.4 is 10.2 Å². The van der Waals surface area contributed by atoms with Crippen LogP contribution in [0.25, 0.3) is 0 Å². The van der Waals surface area contributed by atoms with Crippen molar-refractivity contribution >= 4 is 21.6 Å². The zero-order valence-electron chi connectivity index (χ0n) is 12.2. The van der Waals surface area contributed by atoms with Crippen LogP contribution in [0.2, 0.25) is 0 Å². The van der Waals surface area contributed by atoms with E-state index < -0.39 is 0 Å². The monoisotopic (exact) mass is 324 g/mol. The summed E-state index contributed by atoms with van der Waals surface area (Å²) in [5.41, 5.74) is 2.80. The van der Waals surface area contributed by atoms with Gasteiger partial charge >= 0.3 is 0 Å². The van der Waals surface area contributed by atoms with E-state index in [1.165, 1.54) is 41.5 Å². The number of halogens is 1. The lowest BCUT2D eigenvalue weighted by atomic mass is 10.0. The summed E-state index contributed by atoms with van der Waals surface area (Å²) in [7, 11) is 2.03. The normalized spacial score (nSPS) is 16.4. The third kappa shape index (κ3) is 3.96. The summed E-state index contributed by atoms with van der Waals surface area (Å²) >= 11 is 3.62. The molecule has 1 N–H and O–H groups in total. The molecule has 2 nitrogen and oxygen atoms in total. The minimum atomic E-state index is 0.390. The van der Waals surface area contributed by atoms with Crippen molar-refractivity contribution in [3.8, 4) is 0 Å². The molecule has 1 aromatic rings. The maximum atomic E-state index is 3.62. The van der Waals surface area contributed by atoms with Crippen molar-refractivity contribution in [3.63, 3.8) is 0 Å². The Morgan fingerprint density at radius 2 is 2.16 bits per heavy atom. The second-order valence-electron chi connectivity index (χ2n) is 5.60. The van der Waals surface area contributed by atoms with E-state index in [9.17, 15) is 0 Å². The largest absolute Gasteiger partial charge is 0.371 e. The SMILES string of the molecule is CCCN(CC1CC1)c1cc(Br)ccc1C(C)NC. The first-order valence-corrected chi connectivity index (χ1v) is 8.16. The molecular formula is C16H25BrN2. The van der Waals surface area contributed by atoms with Crippen molar-refractivity contribution in [1.29, 1.82) is 0 Å². The molecule has 1 aromatic carbocycles. The van der Waals surface area contributed by atoms with Crippen molar-refractivity contribution in [2.45, 2.75) is 39.2 Å². The fourth-order valence-electron chi connectivity index (χ4n) is 2.50. The molecule has 1 aliphatic carbocycles. The summed E-state index contributed by atoms with van der Waals surface area (Å²) < 4.78 is 1.17. The molecule has 0 aromatic heterocycles. The van der Waals surface area contributed by atoms with Crippen LogP contribution >= 0.6 is 15.9 Å². The smallest absolute Gasteiger partial charge is 0.0426 e. The molecule has 1 unspecified atom stereocenters. The molecule has 0 amide bonds. The number of benzene rings is 1. The summed E-state index contributed by atoms with van der Waals surface area (Å²) in [6.07, 6.45) is 4.02. The topological polar surface area (TPSA) is 15.3 Å². The number of hydrogen-bond acceptors (Lipinski definition) is 2. The van der Waals surface area contributed by atoms with Crippen LogP contribution in [0.5, 0.6) is 0 Å². The van der Waals surface area contributed by atoms with Crippen molar-refractivity contribution in [2.24, 2.45) is 5.92 Å². The zero-order chi connectivity index (χ0) is 13.8. The van der Waals surface area contributed by atoms with Crippen LogP contribution in [0.15, 0.2) is 22.7 Å². The van der Waals surface area contributed by atoms with Crippen molar-refractivity contribution in [1.82, 2.24) is 5.32 Å². The maximum Gasteiger partial charge on any atom is 0.0426 e. The molecule has 1 aliphatic rings. The van der Waals surface area contributed by atoms with Gasteiger partial charge in [0.1, 0.15) is 0 Å². The van der Waals surface area contributed by atoms with E-state index in [1.807, 2.05) is 7.05 Å². The van der Waals surface area contributed by atoms with Gasteiger partial charge in [0.2, 0.25) is 0 Å². The van der Waals surface area contributed by atoms with Gasteiger partial charge in [0.15, 0.2) is 0 Å². The fourth-order valence-corrected chi connectivity index (χ4v) is 2.85. The second kappa shape index (κ2) is 6.76. The lowest BCUT2D eigenvalue weighted by Gasteiger charge is -2.29. The average Bonchev–Trinajstić information content (AvgIpc) is 3.21. The quantitative estimate of drug-likeness (QED) is 0.801. The first-order chi connectivity index (χ1) is 9.15. The third-order valence-corrected chi connectivity index (χ3v) is 4.39. The minimum absolute atomic E-state index is 0.390. The van der Waals surface area contributed by atoms with Crippen LogP contribution in [-0.4, -0.2) is 20.1 Å². The average molecular weight is 325 g/mol. The Bertz CT molecular complexity index is 415. The van der Waals surface area contributed by atoms with Crippen molar-refractivity contribution in [2.75, 3.05) is 25.0 Å². The number of nitrogens with zero attached hydrogens (tertiary/aromatic N) is 1. The van der Waals surface area contributed by atoms with Crippen molar-refractivity contribution < 1.29 is 0 Å². The van der Waals surface area contributed by atoms with Crippen LogP contribution in [0.3, 0.4) is 0 Å².